The van der Waals surface area contributed by atoms with E-state index in [0.717, 1.165) is 43.8 Å². The highest BCUT2D eigenvalue weighted by Gasteiger charge is 2.62. The molecule has 0 radical (unpaired) electrons. The van der Waals surface area contributed by atoms with Gasteiger partial charge in [0.15, 0.2) is 0 Å². The SMILES string of the molecule is COc1ccc(CN2C(=O)c3c(c4c5ccccc5n5c4c4c3c3ccccc3n4C3CC5C4(C3)NC(=O)N(C)C4=O)C2=O)cc1. The average molecular weight is 610 g/mol. The van der Waals surface area contributed by atoms with E-state index in [0.29, 0.717) is 35.1 Å². The fourth-order valence-electron chi connectivity index (χ4n) is 8.95. The van der Waals surface area contributed by atoms with E-state index in [4.69, 9.17) is 4.74 Å². The number of carbonyl (C=O) groups is 4. The molecule has 3 atom stereocenters. The van der Waals surface area contributed by atoms with Gasteiger partial charge in [0.25, 0.3) is 17.7 Å². The molecule has 4 aliphatic rings. The molecule has 10 heteroatoms. The van der Waals surface area contributed by atoms with Crippen molar-refractivity contribution in [2.45, 2.75) is 37.0 Å². The molecule has 10 rings (SSSR count). The Bertz CT molecular complexity index is 2440. The maximum Gasteiger partial charge on any atom is 0.324 e. The van der Waals surface area contributed by atoms with E-state index >= 15 is 0 Å². The Hall–Kier alpha value is -5.64. The van der Waals surface area contributed by atoms with Gasteiger partial charge in [0, 0.05) is 52.1 Å². The third-order valence-electron chi connectivity index (χ3n) is 10.8. The normalized spacial score (nSPS) is 23.3. The summed E-state index contributed by atoms with van der Waals surface area (Å²) in [6, 6.07) is 22.3. The zero-order valence-corrected chi connectivity index (χ0v) is 25.0. The number of methoxy groups -OCH3 is 1. The van der Waals surface area contributed by atoms with Crippen LogP contribution in [0.4, 0.5) is 4.79 Å². The number of rotatable bonds is 3. The Balaban J connectivity index is 1.34. The highest BCUT2D eigenvalue weighted by Crippen LogP contribution is 2.58. The van der Waals surface area contributed by atoms with Crippen molar-refractivity contribution >= 4 is 67.4 Å². The maximum absolute atomic E-state index is 14.6. The molecule has 46 heavy (non-hydrogen) atoms. The summed E-state index contributed by atoms with van der Waals surface area (Å²) in [5, 5.41) is 6.31. The summed E-state index contributed by atoms with van der Waals surface area (Å²) < 4.78 is 9.78. The van der Waals surface area contributed by atoms with Crippen LogP contribution in [0.2, 0.25) is 0 Å². The third kappa shape index (κ3) is 2.80. The highest BCUT2D eigenvalue weighted by atomic mass is 16.5. The lowest BCUT2D eigenvalue weighted by atomic mass is 9.91. The summed E-state index contributed by atoms with van der Waals surface area (Å²) in [4.78, 5) is 58.6. The van der Waals surface area contributed by atoms with Crippen LogP contribution < -0.4 is 10.1 Å². The van der Waals surface area contributed by atoms with Crippen molar-refractivity contribution < 1.29 is 23.9 Å². The molecule has 3 aliphatic heterocycles. The highest BCUT2D eigenvalue weighted by molar-refractivity contribution is 6.39. The van der Waals surface area contributed by atoms with Crippen LogP contribution in [0.5, 0.6) is 5.75 Å². The van der Waals surface area contributed by atoms with E-state index in [1.165, 1.54) is 16.8 Å². The summed E-state index contributed by atoms with van der Waals surface area (Å²) in [6.07, 6.45) is 1.02. The van der Waals surface area contributed by atoms with Crippen molar-refractivity contribution in [1.29, 1.82) is 0 Å². The first kappa shape index (κ1) is 25.7. The number of amides is 5. The van der Waals surface area contributed by atoms with Gasteiger partial charge in [-0.15, -0.1) is 0 Å². The fourth-order valence-corrected chi connectivity index (χ4v) is 8.95. The van der Waals surface area contributed by atoms with E-state index in [1.807, 2.05) is 72.8 Å². The lowest BCUT2D eigenvalue weighted by Crippen LogP contribution is -2.51. The second-order valence-corrected chi connectivity index (χ2v) is 12.9. The minimum atomic E-state index is -1.14. The van der Waals surface area contributed by atoms with Crippen LogP contribution >= 0.6 is 0 Å². The van der Waals surface area contributed by atoms with E-state index in [9.17, 15) is 19.2 Å². The van der Waals surface area contributed by atoms with Crippen LogP contribution in [0.3, 0.4) is 0 Å². The summed E-state index contributed by atoms with van der Waals surface area (Å²) in [5.74, 6) is -0.208. The predicted octanol–water partition coefficient (Wildman–Crippen LogP) is 5.52. The fraction of sp³-hybridized carbons (Fsp3) is 0.222. The maximum atomic E-state index is 14.6. The molecular formula is C36H27N5O5. The van der Waals surface area contributed by atoms with Crippen LogP contribution in [-0.2, 0) is 11.3 Å². The van der Waals surface area contributed by atoms with Gasteiger partial charge in [-0.3, -0.25) is 24.2 Å². The number of benzene rings is 4. The Labute approximate surface area is 261 Å². The summed E-state index contributed by atoms with van der Waals surface area (Å²) in [5.41, 5.74) is 4.01. The smallest absolute Gasteiger partial charge is 0.324 e. The number of carbonyl (C=O) groups excluding carboxylic acids is 4. The molecule has 1 spiro atoms. The van der Waals surface area contributed by atoms with Gasteiger partial charge in [0.05, 0.1) is 41.9 Å². The number of nitrogens with zero attached hydrogens (tertiary/aromatic N) is 4. The van der Waals surface area contributed by atoms with Gasteiger partial charge in [-0.25, -0.2) is 4.79 Å². The summed E-state index contributed by atoms with van der Waals surface area (Å²) >= 11 is 0. The molecule has 2 aromatic heterocycles. The van der Waals surface area contributed by atoms with Crippen molar-refractivity contribution in [2.24, 2.45) is 0 Å². The molecule has 1 saturated carbocycles. The molecule has 10 nitrogen and oxygen atoms in total. The Morgan fingerprint density at radius 2 is 1.39 bits per heavy atom. The van der Waals surface area contributed by atoms with Gasteiger partial charge in [0.1, 0.15) is 11.3 Å². The van der Waals surface area contributed by atoms with Gasteiger partial charge in [-0.1, -0.05) is 48.5 Å². The molecule has 2 bridgehead atoms. The number of nitrogens with one attached hydrogen (secondary N) is 1. The molecule has 6 aromatic rings. The second kappa shape index (κ2) is 8.33. The Kier molecular flexibility index (Phi) is 4.65. The van der Waals surface area contributed by atoms with Crippen LogP contribution in [0.15, 0.2) is 72.8 Å². The molecule has 4 aromatic carbocycles. The number of para-hydroxylation sites is 2. The molecule has 1 aliphatic carbocycles. The number of hydrogen-bond acceptors (Lipinski definition) is 5. The van der Waals surface area contributed by atoms with Crippen molar-refractivity contribution in [1.82, 2.24) is 24.3 Å². The van der Waals surface area contributed by atoms with E-state index in [1.54, 1.807) is 7.11 Å². The Morgan fingerprint density at radius 3 is 1.98 bits per heavy atom. The molecule has 226 valence electrons. The van der Waals surface area contributed by atoms with Gasteiger partial charge in [0.2, 0.25) is 0 Å². The molecule has 1 saturated heterocycles. The zero-order valence-electron chi connectivity index (χ0n) is 25.0. The van der Waals surface area contributed by atoms with E-state index in [-0.39, 0.29) is 30.3 Å². The first-order valence-electron chi connectivity index (χ1n) is 15.4. The lowest BCUT2D eigenvalue weighted by Gasteiger charge is -2.31. The van der Waals surface area contributed by atoms with Gasteiger partial charge < -0.3 is 19.2 Å². The minimum absolute atomic E-state index is 0.123. The standard InChI is InChI=1S/C36H27N5O5/c1-38-34(44)36(37-35(38)45)16-19-15-25(36)41-24-10-6-4-8-22(24)27-29-28(26-21-7-3-5-9-23(21)40(19)30(26)31(27)41)32(42)39(33(29)43)17-18-11-13-20(46-2)14-12-18/h3-14,19,25H,15-17H2,1-2H3,(H,37,45). The summed E-state index contributed by atoms with van der Waals surface area (Å²) in [7, 11) is 3.12. The molecule has 3 unspecified atom stereocenters. The van der Waals surface area contributed by atoms with Gasteiger partial charge in [-0.2, -0.15) is 0 Å². The molecule has 5 heterocycles. The number of aromatic nitrogens is 2. The number of likely N-dealkylation sites (N-methyl/N-ethyl adjacent to an activating group) is 1. The topological polar surface area (TPSA) is 106 Å². The van der Waals surface area contributed by atoms with Crippen LogP contribution in [0.25, 0.3) is 43.6 Å². The molecule has 1 N–H and O–H groups in total. The van der Waals surface area contributed by atoms with Crippen molar-refractivity contribution in [3.8, 4) is 5.75 Å². The quantitative estimate of drug-likeness (QED) is 0.210. The van der Waals surface area contributed by atoms with Crippen molar-refractivity contribution in [2.75, 3.05) is 14.2 Å². The second-order valence-electron chi connectivity index (χ2n) is 12.9. The summed E-state index contributed by atoms with van der Waals surface area (Å²) in [6.45, 7) is 0.123. The third-order valence-corrected chi connectivity index (χ3v) is 10.8. The van der Waals surface area contributed by atoms with Crippen molar-refractivity contribution in [3.63, 3.8) is 0 Å². The minimum Gasteiger partial charge on any atom is -0.497 e. The number of ether oxygens (including phenoxy) is 1. The average Bonchev–Trinajstić information content (AvgIpc) is 3.79. The number of fused-ring (bicyclic) bond motifs is 14. The van der Waals surface area contributed by atoms with Crippen LogP contribution in [0.1, 0.15) is 51.2 Å². The van der Waals surface area contributed by atoms with E-state index < -0.39 is 17.6 Å². The number of urea groups is 1. The molecular weight excluding hydrogens is 582 g/mol. The van der Waals surface area contributed by atoms with Crippen molar-refractivity contribution in [3.05, 3.63) is 89.5 Å². The van der Waals surface area contributed by atoms with E-state index in [2.05, 4.69) is 14.5 Å². The predicted molar refractivity (Wildman–Crippen MR) is 171 cm³/mol. The van der Waals surface area contributed by atoms with Crippen LogP contribution in [-0.4, -0.2) is 62.4 Å². The van der Waals surface area contributed by atoms with Gasteiger partial charge in [-0.05, 0) is 36.2 Å². The Morgan fingerprint density at radius 1 is 0.804 bits per heavy atom. The number of imide groups is 2. The first-order valence-corrected chi connectivity index (χ1v) is 15.4. The lowest BCUT2D eigenvalue weighted by molar-refractivity contribution is -0.131. The largest absolute Gasteiger partial charge is 0.497 e. The first-order chi connectivity index (χ1) is 22.3. The zero-order chi connectivity index (χ0) is 31.2. The molecule has 5 amide bonds. The molecule has 2 fully saturated rings. The number of hydrogen-bond donors (Lipinski definition) is 1. The van der Waals surface area contributed by atoms with Gasteiger partial charge >= 0.3 is 6.03 Å². The van der Waals surface area contributed by atoms with Crippen LogP contribution in [0, 0.1) is 0 Å². The monoisotopic (exact) mass is 609 g/mol.